The van der Waals surface area contributed by atoms with Crippen molar-refractivity contribution in [1.82, 2.24) is 5.32 Å². The maximum absolute atomic E-state index is 13.2. The molecule has 0 atom stereocenters. The first-order valence-corrected chi connectivity index (χ1v) is 6.34. The van der Waals surface area contributed by atoms with Crippen molar-refractivity contribution in [1.29, 1.82) is 0 Å². The van der Waals surface area contributed by atoms with E-state index in [-0.39, 0.29) is 18.1 Å². The molecule has 0 aromatic heterocycles. The Morgan fingerprint density at radius 2 is 2.17 bits per heavy atom. The number of rotatable bonds is 7. The third kappa shape index (κ3) is 5.13. The zero-order valence-corrected chi connectivity index (χ0v) is 10.8. The van der Waals surface area contributed by atoms with Gasteiger partial charge in [0, 0.05) is 6.54 Å². The van der Waals surface area contributed by atoms with Crippen LogP contribution in [0.25, 0.3) is 6.08 Å². The van der Waals surface area contributed by atoms with E-state index in [9.17, 15) is 9.18 Å². The van der Waals surface area contributed by atoms with Crippen LogP contribution in [-0.2, 0) is 11.2 Å². The number of halogens is 1. The standard InChI is InChI=1S/C15H20FNO/c1-3-5-6-7-17-15(18)11-13-8-12(4-2)9-14(16)10-13/h4,8-10H,2-3,5-7,11H2,1H3,(H,17,18). The lowest BCUT2D eigenvalue weighted by atomic mass is 10.1. The van der Waals surface area contributed by atoms with Gasteiger partial charge in [-0.05, 0) is 29.7 Å². The van der Waals surface area contributed by atoms with E-state index in [0.717, 1.165) is 19.3 Å². The lowest BCUT2D eigenvalue weighted by Crippen LogP contribution is -2.26. The van der Waals surface area contributed by atoms with Gasteiger partial charge in [0.25, 0.3) is 0 Å². The molecule has 0 radical (unpaired) electrons. The molecule has 2 nitrogen and oxygen atoms in total. The van der Waals surface area contributed by atoms with Gasteiger partial charge >= 0.3 is 0 Å². The van der Waals surface area contributed by atoms with E-state index < -0.39 is 0 Å². The van der Waals surface area contributed by atoms with Crippen LogP contribution in [0.4, 0.5) is 4.39 Å². The summed E-state index contributed by atoms with van der Waals surface area (Å²) in [6.07, 6.45) is 5.02. The Morgan fingerprint density at radius 1 is 1.39 bits per heavy atom. The monoisotopic (exact) mass is 249 g/mol. The molecule has 0 bridgehead atoms. The van der Waals surface area contributed by atoms with E-state index in [1.807, 2.05) is 0 Å². The molecule has 1 N–H and O–H groups in total. The molecule has 18 heavy (non-hydrogen) atoms. The van der Waals surface area contributed by atoms with Crippen molar-refractivity contribution in [2.75, 3.05) is 6.54 Å². The van der Waals surface area contributed by atoms with Gasteiger partial charge in [0.1, 0.15) is 5.82 Å². The van der Waals surface area contributed by atoms with Crippen molar-refractivity contribution in [2.24, 2.45) is 0 Å². The molecule has 1 aromatic rings. The summed E-state index contributed by atoms with van der Waals surface area (Å²) in [5, 5.41) is 2.84. The Balaban J connectivity index is 2.48. The fourth-order valence-electron chi connectivity index (χ4n) is 1.75. The van der Waals surface area contributed by atoms with Crippen molar-refractivity contribution in [2.45, 2.75) is 32.6 Å². The van der Waals surface area contributed by atoms with Crippen LogP contribution in [0.1, 0.15) is 37.3 Å². The number of amides is 1. The number of nitrogens with one attached hydrogen (secondary N) is 1. The second-order valence-electron chi connectivity index (χ2n) is 4.33. The van der Waals surface area contributed by atoms with E-state index in [4.69, 9.17) is 0 Å². The molecule has 0 saturated carbocycles. The topological polar surface area (TPSA) is 29.1 Å². The lowest BCUT2D eigenvalue weighted by Gasteiger charge is -2.06. The van der Waals surface area contributed by atoms with Crippen LogP contribution in [-0.4, -0.2) is 12.5 Å². The molecule has 1 amide bonds. The summed E-state index contributed by atoms with van der Waals surface area (Å²) in [5.41, 5.74) is 1.38. The first-order valence-electron chi connectivity index (χ1n) is 6.34. The Kier molecular flexibility index (Phi) is 6.12. The average molecular weight is 249 g/mol. The number of carbonyl (C=O) groups is 1. The van der Waals surface area contributed by atoms with Crippen LogP contribution >= 0.6 is 0 Å². The first-order chi connectivity index (χ1) is 8.65. The zero-order valence-electron chi connectivity index (χ0n) is 10.8. The fourth-order valence-corrected chi connectivity index (χ4v) is 1.75. The van der Waals surface area contributed by atoms with Crippen molar-refractivity contribution in [3.8, 4) is 0 Å². The highest BCUT2D eigenvalue weighted by Crippen LogP contribution is 2.11. The molecule has 98 valence electrons. The van der Waals surface area contributed by atoms with Gasteiger partial charge in [0.2, 0.25) is 5.91 Å². The maximum atomic E-state index is 13.2. The molecule has 0 aliphatic rings. The summed E-state index contributed by atoms with van der Waals surface area (Å²) >= 11 is 0. The molecule has 3 heteroatoms. The normalized spacial score (nSPS) is 10.1. The lowest BCUT2D eigenvalue weighted by molar-refractivity contribution is -0.120. The Morgan fingerprint density at radius 3 is 2.83 bits per heavy atom. The maximum Gasteiger partial charge on any atom is 0.224 e. The Hall–Kier alpha value is -1.64. The minimum Gasteiger partial charge on any atom is -0.356 e. The number of benzene rings is 1. The molecule has 0 unspecified atom stereocenters. The minimum absolute atomic E-state index is 0.0632. The quantitative estimate of drug-likeness (QED) is 0.738. The second-order valence-corrected chi connectivity index (χ2v) is 4.33. The molecule has 0 aliphatic heterocycles. The third-order valence-electron chi connectivity index (χ3n) is 2.68. The van der Waals surface area contributed by atoms with E-state index >= 15 is 0 Å². The van der Waals surface area contributed by atoms with Gasteiger partial charge in [-0.2, -0.15) is 0 Å². The summed E-state index contributed by atoms with van der Waals surface area (Å²) in [6, 6.07) is 4.57. The summed E-state index contributed by atoms with van der Waals surface area (Å²) in [6.45, 7) is 6.40. The fraction of sp³-hybridized carbons (Fsp3) is 0.400. The number of carbonyl (C=O) groups excluding carboxylic acids is 1. The van der Waals surface area contributed by atoms with Crippen molar-refractivity contribution in [3.63, 3.8) is 0 Å². The van der Waals surface area contributed by atoms with Gasteiger partial charge in [-0.3, -0.25) is 4.79 Å². The van der Waals surface area contributed by atoms with Gasteiger partial charge in [-0.25, -0.2) is 4.39 Å². The molecule has 1 aromatic carbocycles. The smallest absolute Gasteiger partial charge is 0.224 e. The van der Waals surface area contributed by atoms with Gasteiger partial charge in [-0.15, -0.1) is 0 Å². The van der Waals surface area contributed by atoms with E-state index in [1.54, 1.807) is 12.1 Å². The predicted octanol–water partition coefficient (Wildman–Crippen LogP) is 3.32. The van der Waals surface area contributed by atoms with E-state index in [0.29, 0.717) is 17.7 Å². The highest BCUT2D eigenvalue weighted by Gasteiger charge is 2.05. The highest BCUT2D eigenvalue weighted by atomic mass is 19.1. The number of unbranched alkanes of at least 4 members (excludes halogenated alkanes) is 2. The molecule has 0 heterocycles. The van der Waals surface area contributed by atoms with Crippen LogP contribution < -0.4 is 5.32 Å². The molecule has 1 rings (SSSR count). The molecule has 0 aliphatic carbocycles. The molecule has 0 spiro atoms. The van der Waals surface area contributed by atoms with Gasteiger partial charge in [-0.1, -0.05) is 38.5 Å². The number of hydrogen-bond acceptors (Lipinski definition) is 1. The van der Waals surface area contributed by atoms with Gasteiger partial charge in [0.15, 0.2) is 0 Å². The van der Waals surface area contributed by atoms with Crippen molar-refractivity contribution < 1.29 is 9.18 Å². The highest BCUT2D eigenvalue weighted by molar-refractivity contribution is 5.78. The minimum atomic E-state index is -0.332. The Labute approximate surface area is 108 Å². The van der Waals surface area contributed by atoms with Crippen LogP contribution in [0, 0.1) is 5.82 Å². The SMILES string of the molecule is C=Cc1cc(F)cc(CC(=O)NCCCCC)c1. The van der Waals surface area contributed by atoms with E-state index in [2.05, 4.69) is 18.8 Å². The van der Waals surface area contributed by atoms with Crippen LogP contribution in [0.5, 0.6) is 0 Å². The van der Waals surface area contributed by atoms with Gasteiger partial charge in [0.05, 0.1) is 6.42 Å². The predicted molar refractivity (Wildman–Crippen MR) is 72.7 cm³/mol. The number of hydrogen-bond donors (Lipinski definition) is 1. The zero-order chi connectivity index (χ0) is 13.4. The summed E-state index contributed by atoms with van der Waals surface area (Å²) in [5.74, 6) is -0.395. The second kappa shape index (κ2) is 7.64. The molecule has 0 saturated heterocycles. The van der Waals surface area contributed by atoms with Gasteiger partial charge < -0.3 is 5.32 Å². The molecular formula is C15H20FNO. The third-order valence-corrected chi connectivity index (χ3v) is 2.68. The first kappa shape index (κ1) is 14.4. The molecular weight excluding hydrogens is 229 g/mol. The van der Waals surface area contributed by atoms with Crippen molar-refractivity contribution in [3.05, 3.63) is 41.7 Å². The molecule has 0 fully saturated rings. The van der Waals surface area contributed by atoms with Crippen LogP contribution in [0.2, 0.25) is 0 Å². The van der Waals surface area contributed by atoms with E-state index in [1.165, 1.54) is 12.1 Å². The van der Waals surface area contributed by atoms with Crippen molar-refractivity contribution >= 4 is 12.0 Å². The summed E-state index contributed by atoms with van der Waals surface area (Å²) < 4.78 is 13.2. The Bertz CT molecular complexity index is 415. The summed E-state index contributed by atoms with van der Waals surface area (Å²) in [7, 11) is 0. The average Bonchev–Trinajstić information content (AvgIpc) is 2.34. The largest absolute Gasteiger partial charge is 0.356 e. The summed E-state index contributed by atoms with van der Waals surface area (Å²) in [4.78, 5) is 11.6. The van der Waals surface area contributed by atoms with Crippen LogP contribution in [0.3, 0.4) is 0 Å². The van der Waals surface area contributed by atoms with Crippen LogP contribution in [0.15, 0.2) is 24.8 Å².